The number of rotatable bonds is 2. The quantitative estimate of drug-likeness (QED) is 0.840. The first-order valence-corrected chi connectivity index (χ1v) is 8.08. The van der Waals surface area contributed by atoms with E-state index in [0.717, 1.165) is 18.5 Å². The van der Waals surface area contributed by atoms with Crippen LogP contribution >= 0.6 is 0 Å². The largest absolute Gasteiger partial charge is 0.444 e. The molecule has 0 radical (unpaired) electrons. The first kappa shape index (κ1) is 17.3. The van der Waals surface area contributed by atoms with Crippen molar-refractivity contribution >= 4 is 17.7 Å². The molecule has 1 saturated heterocycles. The number of piperidine rings is 1. The minimum atomic E-state index is -0.519. The summed E-state index contributed by atoms with van der Waals surface area (Å²) in [5.41, 5.74) is 0.349. The Morgan fingerprint density at radius 2 is 1.87 bits per heavy atom. The van der Waals surface area contributed by atoms with Crippen LogP contribution in [0.2, 0.25) is 0 Å². The summed E-state index contributed by atoms with van der Waals surface area (Å²) in [6.45, 7) is 6.61. The van der Waals surface area contributed by atoms with E-state index in [1.54, 1.807) is 16.8 Å². The molecule has 1 fully saturated rings. The molecular weight excluding hydrogens is 292 g/mol. The Balaban J connectivity index is 2.00. The van der Waals surface area contributed by atoms with E-state index < -0.39 is 5.60 Å². The highest BCUT2D eigenvalue weighted by Crippen LogP contribution is 2.23. The summed E-state index contributed by atoms with van der Waals surface area (Å²) in [5, 5.41) is 0. The monoisotopic (exact) mass is 318 g/mol. The topological polar surface area (TPSA) is 49.9 Å². The Morgan fingerprint density at radius 3 is 2.48 bits per heavy atom. The average Bonchev–Trinajstić information content (AvgIpc) is 2.53. The van der Waals surface area contributed by atoms with E-state index in [9.17, 15) is 9.59 Å². The minimum Gasteiger partial charge on any atom is -0.444 e. The Bertz CT molecular complexity index is 551. The molecule has 1 atom stereocenters. The van der Waals surface area contributed by atoms with Crippen LogP contribution in [0.4, 0.5) is 10.5 Å². The molecule has 1 aliphatic rings. The van der Waals surface area contributed by atoms with Crippen molar-refractivity contribution in [3.05, 3.63) is 30.3 Å². The van der Waals surface area contributed by atoms with Crippen molar-refractivity contribution in [3.8, 4) is 0 Å². The Hall–Kier alpha value is -2.04. The number of benzene rings is 1. The molecule has 1 unspecified atom stereocenters. The maximum Gasteiger partial charge on any atom is 0.410 e. The summed E-state index contributed by atoms with van der Waals surface area (Å²) in [6.07, 6.45) is 1.28. The maximum atomic E-state index is 12.7. The summed E-state index contributed by atoms with van der Waals surface area (Å²) < 4.78 is 5.41. The minimum absolute atomic E-state index is 0.0458. The lowest BCUT2D eigenvalue weighted by Gasteiger charge is -2.35. The fraction of sp³-hybridized carbons (Fsp3) is 0.556. The molecule has 0 bridgehead atoms. The molecule has 1 aromatic rings. The molecule has 1 heterocycles. The van der Waals surface area contributed by atoms with Gasteiger partial charge in [0.15, 0.2) is 0 Å². The van der Waals surface area contributed by atoms with Crippen LogP contribution < -0.4 is 4.90 Å². The van der Waals surface area contributed by atoms with E-state index in [4.69, 9.17) is 4.74 Å². The number of ether oxygens (including phenoxy) is 1. The van der Waals surface area contributed by atoms with Crippen LogP contribution in [0.3, 0.4) is 0 Å². The van der Waals surface area contributed by atoms with Gasteiger partial charge in [-0.05, 0) is 45.7 Å². The predicted octanol–water partition coefficient (Wildman–Crippen LogP) is 3.30. The Kier molecular flexibility index (Phi) is 5.29. The van der Waals surface area contributed by atoms with Crippen molar-refractivity contribution in [3.63, 3.8) is 0 Å². The van der Waals surface area contributed by atoms with Crippen LogP contribution in [0.25, 0.3) is 0 Å². The van der Waals surface area contributed by atoms with Crippen LogP contribution in [-0.4, -0.2) is 42.6 Å². The highest BCUT2D eigenvalue weighted by Gasteiger charge is 2.32. The van der Waals surface area contributed by atoms with E-state index in [1.165, 1.54) is 0 Å². The van der Waals surface area contributed by atoms with Crippen LogP contribution in [0.15, 0.2) is 30.3 Å². The van der Waals surface area contributed by atoms with Gasteiger partial charge in [0.25, 0.3) is 0 Å². The van der Waals surface area contributed by atoms with Crippen LogP contribution in [0, 0.1) is 5.92 Å². The van der Waals surface area contributed by atoms with Gasteiger partial charge < -0.3 is 14.5 Å². The predicted molar refractivity (Wildman–Crippen MR) is 90.4 cm³/mol. The third-order valence-electron chi connectivity index (χ3n) is 3.90. The van der Waals surface area contributed by atoms with Gasteiger partial charge in [-0.1, -0.05) is 18.2 Å². The zero-order valence-electron chi connectivity index (χ0n) is 14.4. The van der Waals surface area contributed by atoms with Crippen LogP contribution in [0.1, 0.15) is 33.6 Å². The molecule has 1 aromatic carbocycles. The molecule has 1 aliphatic heterocycles. The first-order chi connectivity index (χ1) is 10.8. The van der Waals surface area contributed by atoms with Gasteiger partial charge in [-0.3, -0.25) is 4.79 Å². The number of hydrogen-bond donors (Lipinski definition) is 0. The SMILES string of the molecule is CN(C(=O)C1CCCN(C(=O)OC(C)(C)C)C1)c1ccccc1. The summed E-state index contributed by atoms with van der Waals surface area (Å²) in [7, 11) is 1.78. The van der Waals surface area contributed by atoms with E-state index in [1.807, 2.05) is 51.1 Å². The van der Waals surface area contributed by atoms with Crippen molar-refractivity contribution in [2.75, 3.05) is 25.0 Å². The Morgan fingerprint density at radius 1 is 1.22 bits per heavy atom. The molecule has 0 aromatic heterocycles. The lowest BCUT2D eigenvalue weighted by molar-refractivity contribution is -0.123. The first-order valence-electron chi connectivity index (χ1n) is 8.08. The number of likely N-dealkylation sites (tertiary alicyclic amines) is 1. The van der Waals surface area contributed by atoms with Gasteiger partial charge in [0.05, 0.1) is 5.92 Å². The molecule has 2 rings (SSSR count). The van der Waals surface area contributed by atoms with Crippen molar-refractivity contribution in [1.29, 1.82) is 0 Å². The second-order valence-corrected chi connectivity index (χ2v) is 7.00. The molecule has 2 amide bonds. The number of amides is 2. The third-order valence-corrected chi connectivity index (χ3v) is 3.90. The second-order valence-electron chi connectivity index (χ2n) is 7.00. The van der Waals surface area contributed by atoms with Crippen molar-refractivity contribution in [1.82, 2.24) is 4.90 Å². The number of carbonyl (C=O) groups is 2. The van der Waals surface area contributed by atoms with E-state index >= 15 is 0 Å². The van der Waals surface area contributed by atoms with Crippen molar-refractivity contribution < 1.29 is 14.3 Å². The zero-order valence-corrected chi connectivity index (χ0v) is 14.4. The summed E-state index contributed by atoms with van der Waals surface area (Å²) in [6, 6.07) is 9.56. The number of anilines is 1. The number of hydrogen-bond acceptors (Lipinski definition) is 3. The third kappa shape index (κ3) is 4.71. The zero-order chi connectivity index (χ0) is 17.0. The molecule has 0 N–H and O–H groups in total. The standard InChI is InChI=1S/C18H26N2O3/c1-18(2,3)23-17(22)20-12-8-9-14(13-20)16(21)19(4)15-10-6-5-7-11-15/h5-7,10-11,14H,8-9,12-13H2,1-4H3. The highest BCUT2D eigenvalue weighted by molar-refractivity contribution is 5.94. The van der Waals surface area contributed by atoms with Gasteiger partial charge in [0, 0.05) is 25.8 Å². The Labute approximate surface area is 138 Å². The number of nitrogens with zero attached hydrogens (tertiary/aromatic N) is 2. The van der Waals surface area contributed by atoms with Crippen LogP contribution in [0.5, 0.6) is 0 Å². The maximum absolute atomic E-state index is 12.7. The van der Waals surface area contributed by atoms with E-state index in [2.05, 4.69) is 0 Å². The molecule has 5 heteroatoms. The summed E-state index contributed by atoms with van der Waals surface area (Å²) in [4.78, 5) is 28.2. The molecule has 0 saturated carbocycles. The fourth-order valence-electron chi connectivity index (χ4n) is 2.72. The van der Waals surface area contributed by atoms with Gasteiger partial charge >= 0.3 is 6.09 Å². The molecule has 126 valence electrons. The summed E-state index contributed by atoms with van der Waals surface area (Å²) >= 11 is 0. The van der Waals surface area contributed by atoms with Gasteiger partial charge in [-0.2, -0.15) is 0 Å². The van der Waals surface area contributed by atoms with Crippen molar-refractivity contribution in [2.24, 2.45) is 5.92 Å². The molecule has 23 heavy (non-hydrogen) atoms. The lowest BCUT2D eigenvalue weighted by atomic mass is 9.96. The molecule has 0 aliphatic carbocycles. The highest BCUT2D eigenvalue weighted by atomic mass is 16.6. The van der Waals surface area contributed by atoms with Gasteiger partial charge in [0.1, 0.15) is 5.60 Å². The van der Waals surface area contributed by atoms with Gasteiger partial charge in [-0.15, -0.1) is 0 Å². The molecule has 5 nitrogen and oxygen atoms in total. The normalized spacial score (nSPS) is 18.4. The fourth-order valence-corrected chi connectivity index (χ4v) is 2.72. The average molecular weight is 318 g/mol. The number of para-hydroxylation sites is 1. The summed E-state index contributed by atoms with van der Waals surface area (Å²) in [5.74, 6) is -0.133. The van der Waals surface area contributed by atoms with Crippen molar-refractivity contribution in [2.45, 2.75) is 39.2 Å². The number of carbonyl (C=O) groups excluding carboxylic acids is 2. The lowest BCUT2D eigenvalue weighted by Crippen LogP contribution is -2.47. The van der Waals surface area contributed by atoms with E-state index in [-0.39, 0.29) is 17.9 Å². The molecule has 0 spiro atoms. The molecular formula is C18H26N2O3. The van der Waals surface area contributed by atoms with Crippen LogP contribution in [-0.2, 0) is 9.53 Å². The smallest absolute Gasteiger partial charge is 0.410 e. The van der Waals surface area contributed by atoms with Gasteiger partial charge in [0.2, 0.25) is 5.91 Å². The second kappa shape index (κ2) is 7.02. The van der Waals surface area contributed by atoms with Gasteiger partial charge in [-0.25, -0.2) is 4.79 Å². The van der Waals surface area contributed by atoms with E-state index in [0.29, 0.717) is 13.1 Å².